The standard InChI is InChI=1S/C21H14ClNO3S3/c1-25-15-6-4-14(5-7-15)23-20(24)18(29-21(23)27)12-16-8-11-19(26-16)28-17-9-2-13(22)3-10-17/h2-12H,1H3. The minimum atomic E-state index is -0.173. The number of carbonyl (C=O) groups is 1. The van der Waals surface area contributed by atoms with Gasteiger partial charge in [-0.2, -0.15) is 0 Å². The van der Waals surface area contributed by atoms with Crippen LogP contribution >= 0.6 is 47.3 Å². The van der Waals surface area contributed by atoms with Crippen molar-refractivity contribution in [3.05, 3.63) is 76.4 Å². The summed E-state index contributed by atoms with van der Waals surface area (Å²) >= 11 is 14.1. The highest BCUT2D eigenvalue weighted by Gasteiger charge is 2.33. The molecule has 1 aliphatic rings. The van der Waals surface area contributed by atoms with E-state index in [0.717, 1.165) is 15.7 Å². The van der Waals surface area contributed by atoms with E-state index in [-0.39, 0.29) is 5.91 Å². The van der Waals surface area contributed by atoms with Crippen LogP contribution in [0, 0.1) is 0 Å². The van der Waals surface area contributed by atoms with E-state index in [1.807, 2.05) is 36.4 Å². The number of amides is 1. The average molecular weight is 460 g/mol. The van der Waals surface area contributed by atoms with Crippen LogP contribution in [-0.4, -0.2) is 17.3 Å². The lowest BCUT2D eigenvalue weighted by Gasteiger charge is -2.14. The molecule has 0 radical (unpaired) electrons. The molecule has 0 unspecified atom stereocenters. The van der Waals surface area contributed by atoms with Gasteiger partial charge in [0, 0.05) is 16.0 Å². The van der Waals surface area contributed by atoms with Gasteiger partial charge in [0.1, 0.15) is 11.5 Å². The SMILES string of the molecule is COc1ccc(N2C(=O)C(=Cc3ccc(Sc4ccc(Cl)cc4)o3)SC2=S)cc1. The van der Waals surface area contributed by atoms with Gasteiger partial charge in [-0.15, -0.1) is 0 Å². The molecule has 29 heavy (non-hydrogen) atoms. The van der Waals surface area contributed by atoms with Crippen molar-refractivity contribution < 1.29 is 13.9 Å². The molecule has 0 atom stereocenters. The van der Waals surface area contributed by atoms with E-state index < -0.39 is 0 Å². The Kier molecular flexibility index (Phi) is 6.01. The molecule has 0 bridgehead atoms. The summed E-state index contributed by atoms with van der Waals surface area (Å²) in [5.74, 6) is 1.14. The van der Waals surface area contributed by atoms with Crippen LogP contribution in [0.15, 0.2) is 80.0 Å². The Bertz CT molecular complexity index is 1090. The number of ether oxygens (including phenoxy) is 1. The Balaban J connectivity index is 1.51. The van der Waals surface area contributed by atoms with Crippen LogP contribution in [0.4, 0.5) is 5.69 Å². The van der Waals surface area contributed by atoms with Gasteiger partial charge < -0.3 is 9.15 Å². The molecule has 4 rings (SSSR count). The Morgan fingerprint density at radius 3 is 2.52 bits per heavy atom. The van der Waals surface area contributed by atoms with E-state index in [9.17, 15) is 4.79 Å². The fourth-order valence-electron chi connectivity index (χ4n) is 2.64. The molecule has 1 saturated heterocycles. The molecule has 0 spiro atoms. The van der Waals surface area contributed by atoms with Crippen LogP contribution in [-0.2, 0) is 4.79 Å². The topological polar surface area (TPSA) is 42.7 Å². The zero-order valence-corrected chi connectivity index (χ0v) is 18.3. The molecular formula is C21H14ClNO3S3. The third-order valence-corrected chi connectivity index (χ3v) is 6.51. The number of anilines is 1. The van der Waals surface area contributed by atoms with Gasteiger partial charge in [-0.25, -0.2) is 0 Å². The first-order valence-electron chi connectivity index (χ1n) is 8.49. The Hall–Kier alpha value is -2.19. The van der Waals surface area contributed by atoms with Crippen LogP contribution in [0.2, 0.25) is 5.02 Å². The molecule has 1 fully saturated rings. The highest BCUT2D eigenvalue weighted by Crippen LogP contribution is 2.37. The van der Waals surface area contributed by atoms with E-state index in [4.69, 9.17) is 33.0 Å². The number of rotatable bonds is 5. The first kappa shape index (κ1) is 20.1. The van der Waals surface area contributed by atoms with Gasteiger partial charge >= 0.3 is 0 Å². The van der Waals surface area contributed by atoms with Gasteiger partial charge in [0.2, 0.25) is 0 Å². The number of benzene rings is 2. The molecule has 4 nitrogen and oxygen atoms in total. The molecule has 0 saturated carbocycles. The van der Waals surface area contributed by atoms with E-state index in [1.54, 1.807) is 37.5 Å². The molecule has 2 aromatic carbocycles. The normalized spacial score (nSPS) is 15.4. The third-order valence-electron chi connectivity index (χ3n) is 4.03. The number of methoxy groups -OCH3 is 1. The summed E-state index contributed by atoms with van der Waals surface area (Å²) in [6.45, 7) is 0. The van der Waals surface area contributed by atoms with Crippen molar-refractivity contribution >= 4 is 69.3 Å². The monoisotopic (exact) mass is 459 g/mol. The fourth-order valence-corrected chi connectivity index (χ4v) is 4.82. The van der Waals surface area contributed by atoms with Crippen LogP contribution in [0.5, 0.6) is 5.75 Å². The molecule has 1 aliphatic heterocycles. The smallest absolute Gasteiger partial charge is 0.270 e. The number of furan rings is 1. The van der Waals surface area contributed by atoms with Crippen LogP contribution in [0.3, 0.4) is 0 Å². The number of halogens is 1. The second kappa shape index (κ2) is 8.67. The van der Waals surface area contributed by atoms with Crippen molar-refractivity contribution in [1.82, 2.24) is 0 Å². The molecule has 146 valence electrons. The van der Waals surface area contributed by atoms with Crippen molar-refractivity contribution in [2.24, 2.45) is 0 Å². The first-order valence-corrected chi connectivity index (χ1v) is 10.9. The summed E-state index contributed by atoms with van der Waals surface area (Å²) in [6.07, 6.45) is 1.72. The van der Waals surface area contributed by atoms with E-state index in [1.165, 1.54) is 28.4 Å². The summed E-state index contributed by atoms with van der Waals surface area (Å²) in [5.41, 5.74) is 0.704. The minimum absolute atomic E-state index is 0.173. The zero-order chi connectivity index (χ0) is 20.4. The molecule has 2 heterocycles. The third kappa shape index (κ3) is 4.53. The molecule has 1 aromatic heterocycles. The number of hydrogen-bond acceptors (Lipinski definition) is 6. The maximum Gasteiger partial charge on any atom is 0.270 e. The highest BCUT2D eigenvalue weighted by atomic mass is 35.5. The van der Waals surface area contributed by atoms with E-state index >= 15 is 0 Å². The predicted molar refractivity (Wildman–Crippen MR) is 123 cm³/mol. The molecule has 0 aliphatic carbocycles. The highest BCUT2D eigenvalue weighted by molar-refractivity contribution is 8.27. The summed E-state index contributed by atoms with van der Waals surface area (Å²) < 4.78 is 11.5. The maximum atomic E-state index is 12.9. The zero-order valence-electron chi connectivity index (χ0n) is 15.1. The lowest BCUT2D eigenvalue weighted by molar-refractivity contribution is -0.113. The average Bonchev–Trinajstić information content (AvgIpc) is 3.27. The Morgan fingerprint density at radius 2 is 1.83 bits per heavy atom. The quantitative estimate of drug-likeness (QED) is 0.320. The first-order chi connectivity index (χ1) is 14.0. The van der Waals surface area contributed by atoms with E-state index in [0.29, 0.717) is 25.7 Å². The lowest BCUT2D eigenvalue weighted by atomic mass is 10.2. The molecule has 8 heteroatoms. The van der Waals surface area contributed by atoms with Crippen LogP contribution < -0.4 is 9.64 Å². The van der Waals surface area contributed by atoms with Crippen molar-refractivity contribution in [3.8, 4) is 5.75 Å². The summed E-state index contributed by atoms with van der Waals surface area (Å²) in [7, 11) is 1.60. The number of thiocarbonyl (C=S) groups is 1. The largest absolute Gasteiger partial charge is 0.497 e. The fraction of sp³-hybridized carbons (Fsp3) is 0.0476. The van der Waals surface area contributed by atoms with Crippen molar-refractivity contribution in [3.63, 3.8) is 0 Å². The lowest BCUT2D eigenvalue weighted by Crippen LogP contribution is -2.27. The predicted octanol–water partition coefficient (Wildman–Crippen LogP) is 6.50. The Labute approximate surface area is 186 Å². The van der Waals surface area contributed by atoms with Crippen molar-refractivity contribution in [2.75, 3.05) is 12.0 Å². The molecule has 0 N–H and O–H groups in total. The number of hydrogen-bond donors (Lipinski definition) is 0. The summed E-state index contributed by atoms with van der Waals surface area (Å²) in [5, 5.41) is 1.41. The second-order valence-corrected chi connectivity index (χ2v) is 9.12. The summed E-state index contributed by atoms with van der Waals surface area (Å²) in [6, 6.07) is 18.4. The van der Waals surface area contributed by atoms with Gasteiger partial charge in [-0.3, -0.25) is 9.69 Å². The number of carbonyl (C=O) groups excluding carboxylic acids is 1. The number of nitrogens with zero attached hydrogens (tertiary/aromatic N) is 1. The minimum Gasteiger partial charge on any atom is -0.497 e. The van der Waals surface area contributed by atoms with Gasteiger partial charge in [-0.05, 0) is 60.7 Å². The molecule has 3 aromatic rings. The van der Waals surface area contributed by atoms with E-state index in [2.05, 4.69) is 0 Å². The van der Waals surface area contributed by atoms with Crippen LogP contribution in [0.1, 0.15) is 5.76 Å². The van der Waals surface area contributed by atoms with Crippen molar-refractivity contribution in [2.45, 2.75) is 9.99 Å². The molecule has 1 amide bonds. The molecular weight excluding hydrogens is 446 g/mol. The second-order valence-electron chi connectivity index (χ2n) is 5.93. The van der Waals surface area contributed by atoms with Crippen LogP contribution in [0.25, 0.3) is 6.08 Å². The van der Waals surface area contributed by atoms with Gasteiger partial charge in [0.05, 0.1) is 17.7 Å². The summed E-state index contributed by atoms with van der Waals surface area (Å²) in [4.78, 5) is 15.9. The van der Waals surface area contributed by atoms with Crippen molar-refractivity contribution in [1.29, 1.82) is 0 Å². The Morgan fingerprint density at radius 1 is 1.10 bits per heavy atom. The number of thioether (sulfide) groups is 1. The van der Waals surface area contributed by atoms with Gasteiger partial charge in [-0.1, -0.05) is 47.3 Å². The van der Waals surface area contributed by atoms with Gasteiger partial charge in [0.25, 0.3) is 5.91 Å². The van der Waals surface area contributed by atoms with Gasteiger partial charge in [0.15, 0.2) is 9.41 Å². The maximum absolute atomic E-state index is 12.9.